The SMILES string of the molecule is Nc1ccc(C#C/C=C/c2nc3ccccc3s2)cc1. The molecule has 3 heteroatoms. The molecule has 3 rings (SSSR count). The first-order valence-corrected chi connectivity index (χ1v) is 7.02. The lowest BCUT2D eigenvalue weighted by Gasteiger charge is -1.90. The zero-order chi connectivity index (χ0) is 13.8. The molecule has 0 spiro atoms. The minimum Gasteiger partial charge on any atom is -0.399 e. The third kappa shape index (κ3) is 2.87. The van der Waals surface area contributed by atoms with Gasteiger partial charge in [-0.3, -0.25) is 0 Å². The van der Waals surface area contributed by atoms with Gasteiger partial charge in [0, 0.05) is 11.3 Å². The van der Waals surface area contributed by atoms with Crippen molar-refractivity contribution in [2.45, 2.75) is 0 Å². The molecule has 0 amide bonds. The highest BCUT2D eigenvalue weighted by atomic mass is 32.1. The number of nitrogen functional groups attached to an aromatic ring is 1. The fourth-order valence-electron chi connectivity index (χ4n) is 1.77. The summed E-state index contributed by atoms with van der Waals surface area (Å²) in [7, 11) is 0. The van der Waals surface area contributed by atoms with Crippen LogP contribution in [0.15, 0.2) is 54.6 Å². The molecule has 1 aromatic heterocycles. The Labute approximate surface area is 121 Å². The van der Waals surface area contributed by atoms with E-state index in [-0.39, 0.29) is 0 Å². The summed E-state index contributed by atoms with van der Waals surface area (Å²) in [4.78, 5) is 4.52. The number of hydrogen-bond donors (Lipinski definition) is 1. The van der Waals surface area contributed by atoms with Crippen LogP contribution in [-0.2, 0) is 0 Å². The number of para-hydroxylation sites is 1. The average molecular weight is 276 g/mol. The molecule has 0 saturated carbocycles. The van der Waals surface area contributed by atoms with Crippen LogP contribution in [0.5, 0.6) is 0 Å². The van der Waals surface area contributed by atoms with E-state index in [1.54, 1.807) is 11.3 Å². The number of nitrogens with zero attached hydrogens (tertiary/aromatic N) is 1. The van der Waals surface area contributed by atoms with Crippen LogP contribution in [0.4, 0.5) is 5.69 Å². The molecule has 0 atom stereocenters. The van der Waals surface area contributed by atoms with Gasteiger partial charge in [0.05, 0.1) is 10.2 Å². The van der Waals surface area contributed by atoms with Crippen LogP contribution in [0, 0.1) is 11.8 Å². The van der Waals surface area contributed by atoms with Gasteiger partial charge in [0.25, 0.3) is 0 Å². The average Bonchev–Trinajstić information content (AvgIpc) is 2.88. The minimum atomic E-state index is 0.751. The van der Waals surface area contributed by atoms with Gasteiger partial charge in [-0.1, -0.05) is 24.0 Å². The number of rotatable bonds is 1. The number of nitrogens with two attached hydrogens (primary N) is 1. The van der Waals surface area contributed by atoms with Gasteiger partial charge in [-0.2, -0.15) is 0 Å². The lowest BCUT2D eigenvalue weighted by molar-refractivity contribution is 1.46. The predicted molar refractivity (Wildman–Crippen MR) is 86.4 cm³/mol. The van der Waals surface area contributed by atoms with E-state index in [0.717, 1.165) is 21.8 Å². The predicted octanol–water partition coefficient (Wildman–Crippen LogP) is 3.94. The molecule has 0 radical (unpaired) electrons. The zero-order valence-corrected chi connectivity index (χ0v) is 11.5. The van der Waals surface area contributed by atoms with E-state index in [4.69, 9.17) is 5.73 Å². The quantitative estimate of drug-likeness (QED) is 0.540. The van der Waals surface area contributed by atoms with Crippen molar-refractivity contribution in [2.75, 3.05) is 5.73 Å². The molecule has 0 bridgehead atoms. The largest absolute Gasteiger partial charge is 0.399 e. The highest BCUT2D eigenvalue weighted by molar-refractivity contribution is 7.19. The van der Waals surface area contributed by atoms with E-state index in [9.17, 15) is 0 Å². The van der Waals surface area contributed by atoms with Crippen LogP contribution in [0.2, 0.25) is 0 Å². The molecular weight excluding hydrogens is 264 g/mol. The summed E-state index contributed by atoms with van der Waals surface area (Å²) >= 11 is 1.66. The van der Waals surface area contributed by atoms with Crippen LogP contribution in [-0.4, -0.2) is 4.98 Å². The first-order valence-electron chi connectivity index (χ1n) is 6.20. The van der Waals surface area contributed by atoms with Crippen molar-refractivity contribution in [1.82, 2.24) is 4.98 Å². The maximum Gasteiger partial charge on any atom is 0.117 e. The molecule has 2 aromatic carbocycles. The molecule has 20 heavy (non-hydrogen) atoms. The first kappa shape index (κ1) is 12.5. The molecular formula is C17H12N2S. The zero-order valence-electron chi connectivity index (χ0n) is 10.7. The van der Waals surface area contributed by atoms with Crippen molar-refractivity contribution in [3.63, 3.8) is 0 Å². The highest BCUT2D eigenvalue weighted by Gasteiger charge is 1.98. The summed E-state index contributed by atoms with van der Waals surface area (Å²) in [6.45, 7) is 0. The molecule has 0 aliphatic carbocycles. The fraction of sp³-hybridized carbons (Fsp3) is 0. The van der Waals surface area contributed by atoms with E-state index < -0.39 is 0 Å². The Kier molecular flexibility index (Phi) is 3.49. The van der Waals surface area contributed by atoms with Crippen molar-refractivity contribution < 1.29 is 0 Å². The lowest BCUT2D eigenvalue weighted by atomic mass is 10.2. The summed E-state index contributed by atoms with van der Waals surface area (Å²) in [6.07, 6.45) is 3.77. The molecule has 2 N–H and O–H groups in total. The van der Waals surface area contributed by atoms with Gasteiger partial charge in [0.2, 0.25) is 0 Å². The van der Waals surface area contributed by atoms with E-state index >= 15 is 0 Å². The Balaban J connectivity index is 1.76. The van der Waals surface area contributed by atoms with Gasteiger partial charge in [-0.15, -0.1) is 11.3 Å². The second-order valence-corrected chi connectivity index (χ2v) is 5.31. The number of allylic oxidation sites excluding steroid dienone is 1. The maximum atomic E-state index is 5.63. The van der Waals surface area contributed by atoms with Gasteiger partial charge >= 0.3 is 0 Å². The number of anilines is 1. The third-order valence-corrected chi connectivity index (χ3v) is 3.75. The normalized spacial score (nSPS) is 10.6. The van der Waals surface area contributed by atoms with E-state index in [1.807, 2.05) is 54.6 Å². The monoisotopic (exact) mass is 276 g/mol. The van der Waals surface area contributed by atoms with Crippen molar-refractivity contribution in [2.24, 2.45) is 0 Å². The second kappa shape index (κ2) is 5.60. The lowest BCUT2D eigenvalue weighted by Crippen LogP contribution is -1.82. The van der Waals surface area contributed by atoms with E-state index in [0.29, 0.717) is 0 Å². The molecule has 1 heterocycles. The Hall–Kier alpha value is -2.57. The minimum absolute atomic E-state index is 0.751. The molecule has 0 aliphatic heterocycles. The van der Waals surface area contributed by atoms with E-state index in [2.05, 4.69) is 22.9 Å². The Morgan fingerprint density at radius 2 is 1.85 bits per heavy atom. The van der Waals surface area contributed by atoms with Gasteiger partial charge in [0.15, 0.2) is 0 Å². The van der Waals surface area contributed by atoms with Gasteiger partial charge < -0.3 is 5.73 Å². The van der Waals surface area contributed by atoms with Crippen molar-refractivity contribution in [3.8, 4) is 11.8 Å². The number of fused-ring (bicyclic) bond motifs is 1. The van der Waals surface area contributed by atoms with Crippen molar-refractivity contribution in [3.05, 3.63) is 65.2 Å². The Morgan fingerprint density at radius 3 is 2.65 bits per heavy atom. The van der Waals surface area contributed by atoms with Crippen LogP contribution in [0.25, 0.3) is 16.3 Å². The smallest absolute Gasteiger partial charge is 0.117 e. The molecule has 96 valence electrons. The topological polar surface area (TPSA) is 38.9 Å². The van der Waals surface area contributed by atoms with E-state index in [1.165, 1.54) is 4.70 Å². The maximum absolute atomic E-state index is 5.63. The summed E-state index contributed by atoms with van der Waals surface area (Å²) in [5, 5.41) is 0.970. The highest BCUT2D eigenvalue weighted by Crippen LogP contribution is 2.22. The first-order chi connectivity index (χ1) is 9.81. The van der Waals surface area contributed by atoms with Crippen LogP contribution >= 0.6 is 11.3 Å². The Morgan fingerprint density at radius 1 is 1.05 bits per heavy atom. The molecule has 0 aliphatic rings. The summed E-state index contributed by atoms with van der Waals surface area (Å²) in [5.41, 5.74) is 8.36. The van der Waals surface area contributed by atoms with Crippen LogP contribution in [0.3, 0.4) is 0 Å². The standard InChI is InChI=1S/C17H12N2S/c18-14-11-9-13(10-12-14)5-1-4-8-17-19-15-6-2-3-7-16(15)20-17/h2-4,6-12H,18H2/b8-4+. The van der Waals surface area contributed by atoms with Gasteiger partial charge in [-0.05, 0) is 48.6 Å². The number of aromatic nitrogens is 1. The van der Waals surface area contributed by atoms with Gasteiger partial charge in [0.1, 0.15) is 5.01 Å². The number of thiazole rings is 1. The fourth-order valence-corrected chi connectivity index (χ4v) is 2.64. The molecule has 0 fully saturated rings. The second-order valence-electron chi connectivity index (χ2n) is 4.24. The Bertz CT molecular complexity index is 784. The summed E-state index contributed by atoms with van der Waals surface area (Å²) in [5.74, 6) is 6.07. The van der Waals surface area contributed by atoms with Crippen molar-refractivity contribution >= 4 is 33.3 Å². The third-order valence-electron chi connectivity index (χ3n) is 2.75. The van der Waals surface area contributed by atoms with Gasteiger partial charge in [-0.25, -0.2) is 4.98 Å². The molecule has 2 nitrogen and oxygen atoms in total. The number of benzene rings is 2. The summed E-state index contributed by atoms with van der Waals surface area (Å²) in [6, 6.07) is 15.6. The number of hydrogen-bond acceptors (Lipinski definition) is 3. The summed E-state index contributed by atoms with van der Waals surface area (Å²) < 4.78 is 1.19. The molecule has 3 aromatic rings. The molecule has 0 unspecified atom stereocenters. The van der Waals surface area contributed by atoms with Crippen LogP contribution < -0.4 is 5.73 Å². The van der Waals surface area contributed by atoms with Crippen LogP contribution in [0.1, 0.15) is 10.6 Å². The molecule has 0 saturated heterocycles. The van der Waals surface area contributed by atoms with Crippen molar-refractivity contribution in [1.29, 1.82) is 0 Å².